The number of fused-ring (bicyclic) bond motifs is 1. The zero-order chi connectivity index (χ0) is 14.9. The van der Waals surface area contributed by atoms with Crippen molar-refractivity contribution < 1.29 is 9.53 Å². The number of allylic oxidation sites excluding steroid dienone is 2. The van der Waals surface area contributed by atoms with Crippen molar-refractivity contribution in [2.75, 3.05) is 12.0 Å². The molecule has 0 aliphatic carbocycles. The standard InChI is InChI=1S/C17H21NO2/c1-6-7-16(19)18-15-9-8-13(20-5)10-14(15)12(2)11-17(18,3)4/h6-11H,1-5H3. The van der Waals surface area contributed by atoms with Crippen LogP contribution in [-0.4, -0.2) is 18.6 Å². The number of nitrogens with zero attached hydrogens (tertiary/aromatic N) is 1. The van der Waals surface area contributed by atoms with E-state index in [1.165, 1.54) is 0 Å². The Morgan fingerprint density at radius 2 is 2.05 bits per heavy atom. The van der Waals surface area contributed by atoms with Gasteiger partial charge >= 0.3 is 0 Å². The molecule has 3 nitrogen and oxygen atoms in total. The summed E-state index contributed by atoms with van der Waals surface area (Å²) < 4.78 is 5.28. The number of ether oxygens (including phenoxy) is 1. The second-order valence-corrected chi connectivity index (χ2v) is 5.54. The number of methoxy groups -OCH3 is 1. The van der Waals surface area contributed by atoms with Crippen LogP contribution in [0.4, 0.5) is 5.69 Å². The predicted octanol–water partition coefficient (Wildman–Crippen LogP) is 3.80. The Hall–Kier alpha value is -2.03. The highest BCUT2D eigenvalue weighted by Crippen LogP contribution is 2.40. The van der Waals surface area contributed by atoms with Crippen molar-refractivity contribution in [2.24, 2.45) is 0 Å². The summed E-state index contributed by atoms with van der Waals surface area (Å²) >= 11 is 0. The second-order valence-electron chi connectivity index (χ2n) is 5.54. The second kappa shape index (κ2) is 5.16. The van der Waals surface area contributed by atoms with Crippen molar-refractivity contribution in [3.63, 3.8) is 0 Å². The molecule has 1 aromatic rings. The summed E-state index contributed by atoms with van der Waals surface area (Å²) in [6.45, 7) is 8.01. The zero-order valence-corrected chi connectivity index (χ0v) is 12.7. The van der Waals surface area contributed by atoms with E-state index in [4.69, 9.17) is 4.74 Å². The lowest BCUT2D eigenvalue weighted by molar-refractivity contribution is -0.114. The van der Waals surface area contributed by atoms with Crippen LogP contribution >= 0.6 is 0 Å². The molecule has 1 aliphatic rings. The molecule has 0 N–H and O–H groups in total. The quantitative estimate of drug-likeness (QED) is 0.766. The van der Waals surface area contributed by atoms with Gasteiger partial charge in [0.25, 0.3) is 5.91 Å². The molecule has 0 unspecified atom stereocenters. The summed E-state index contributed by atoms with van der Waals surface area (Å²) in [4.78, 5) is 14.2. The topological polar surface area (TPSA) is 29.5 Å². The van der Waals surface area contributed by atoms with Crippen molar-refractivity contribution >= 4 is 17.2 Å². The minimum atomic E-state index is -0.345. The van der Waals surface area contributed by atoms with Crippen molar-refractivity contribution in [1.82, 2.24) is 0 Å². The Morgan fingerprint density at radius 3 is 2.65 bits per heavy atom. The third-order valence-electron chi connectivity index (χ3n) is 3.55. The Bertz CT molecular complexity index is 597. The molecule has 3 heteroatoms. The van der Waals surface area contributed by atoms with Crippen molar-refractivity contribution in [1.29, 1.82) is 0 Å². The van der Waals surface area contributed by atoms with Crippen LogP contribution in [0, 0.1) is 0 Å². The number of rotatable bonds is 2. The fourth-order valence-corrected chi connectivity index (χ4v) is 2.76. The Kier molecular flexibility index (Phi) is 3.71. The lowest BCUT2D eigenvalue weighted by Crippen LogP contribution is -2.48. The van der Waals surface area contributed by atoms with Crippen LogP contribution in [0.25, 0.3) is 5.57 Å². The number of carbonyl (C=O) groups excluding carboxylic acids is 1. The van der Waals surface area contributed by atoms with Crippen LogP contribution in [0.1, 0.15) is 33.3 Å². The van der Waals surface area contributed by atoms with E-state index in [1.807, 2.05) is 43.9 Å². The first kappa shape index (κ1) is 14.4. The minimum Gasteiger partial charge on any atom is -0.497 e. The number of carbonyl (C=O) groups is 1. The fourth-order valence-electron chi connectivity index (χ4n) is 2.76. The normalized spacial score (nSPS) is 16.9. The van der Waals surface area contributed by atoms with E-state index in [0.717, 1.165) is 22.6 Å². The molecule has 20 heavy (non-hydrogen) atoms. The number of amides is 1. The van der Waals surface area contributed by atoms with E-state index in [-0.39, 0.29) is 11.4 Å². The van der Waals surface area contributed by atoms with E-state index < -0.39 is 0 Å². The first-order chi connectivity index (χ1) is 9.40. The van der Waals surface area contributed by atoms with E-state index in [0.29, 0.717) is 0 Å². The first-order valence-corrected chi connectivity index (χ1v) is 6.75. The Balaban J connectivity index is 2.62. The van der Waals surface area contributed by atoms with Gasteiger partial charge in [0.2, 0.25) is 0 Å². The largest absolute Gasteiger partial charge is 0.497 e. The van der Waals surface area contributed by atoms with E-state index in [1.54, 1.807) is 19.3 Å². The van der Waals surface area contributed by atoms with Gasteiger partial charge in [-0.05, 0) is 57.5 Å². The summed E-state index contributed by atoms with van der Waals surface area (Å²) in [6.07, 6.45) is 5.49. The molecule has 1 aromatic carbocycles. The van der Waals surface area contributed by atoms with Gasteiger partial charge in [0.1, 0.15) is 5.75 Å². The molecule has 0 bridgehead atoms. The summed E-state index contributed by atoms with van der Waals surface area (Å²) in [5, 5.41) is 0. The Morgan fingerprint density at radius 1 is 1.35 bits per heavy atom. The third-order valence-corrected chi connectivity index (χ3v) is 3.55. The maximum absolute atomic E-state index is 12.4. The van der Waals surface area contributed by atoms with Gasteiger partial charge in [-0.3, -0.25) is 9.69 Å². The van der Waals surface area contributed by atoms with Crippen molar-refractivity contribution in [2.45, 2.75) is 33.2 Å². The van der Waals surface area contributed by atoms with Gasteiger partial charge in [-0.1, -0.05) is 12.2 Å². The van der Waals surface area contributed by atoms with Crippen LogP contribution < -0.4 is 9.64 Å². The maximum Gasteiger partial charge on any atom is 0.251 e. The highest BCUT2D eigenvalue weighted by molar-refractivity contribution is 6.06. The molecule has 0 saturated carbocycles. The van der Waals surface area contributed by atoms with Crippen LogP contribution in [0.15, 0.2) is 36.4 Å². The molecule has 106 valence electrons. The smallest absolute Gasteiger partial charge is 0.251 e. The molecular weight excluding hydrogens is 250 g/mol. The van der Waals surface area contributed by atoms with E-state index in [9.17, 15) is 4.79 Å². The van der Waals surface area contributed by atoms with Crippen LogP contribution in [0.3, 0.4) is 0 Å². The minimum absolute atomic E-state index is 0.00679. The van der Waals surface area contributed by atoms with Gasteiger partial charge in [-0.2, -0.15) is 0 Å². The monoisotopic (exact) mass is 271 g/mol. The summed E-state index contributed by atoms with van der Waals surface area (Å²) in [7, 11) is 1.65. The van der Waals surface area contributed by atoms with Gasteiger partial charge in [0.05, 0.1) is 18.3 Å². The summed E-state index contributed by atoms with van der Waals surface area (Å²) in [5.74, 6) is 0.794. The van der Waals surface area contributed by atoms with Gasteiger partial charge in [-0.15, -0.1) is 0 Å². The molecule has 0 saturated heterocycles. The number of benzene rings is 1. The lowest BCUT2D eigenvalue weighted by Gasteiger charge is -2.41. The number of anilines is 1. The highest BCUT2D eigenvalue weighted by atomic mass is 16.5. The molecule has 1 aliphatic heterocycles. The van der Waals surface area contributed by atoms with Crippen LogP contribution in [0.2, 0.25) is 0 Å². The third kappa shape index (κ3) is 2.36. The lowest BCUT2D eigenvalue weighted by atomic mass is 9.88. The highest BCUT2D eigenvalue weighted by Gasteiger charge is 2.34. The van der Waals surface area contributed by atoms with Crippen molar-refractivity contribution in [3.8, 4) is 5.75 Å². The molecule has 2 rings (SSSR count). The summed E-state index contributed by atoms with van der Waals surface area (Å²) in [6, 6.07) is 5.82. The van der Waals surface area contributed by atoms with Crippen LogP contribution in [-0.2, 0) is 4.79 Å². The first-order valence-electron chi connectivity index (χ1n) is 6.75. The van der Waals surface area contributed by atoms with Gasteiger partial charge in [0, 0.05) is 5.56 Å². The van der Waals surface area contributed by atoms with Gasteiger partial charge in [-0.25, -0.2) is 0 Å². The number of hydrogen-bond donors (Lipinski definition) is 0. The van der Waals surface area contributed by atoms with E-state index >= 15 is 0 Å². The Labute approximate surface area is 120 Å². The maximum atomic E-state index is 12.4. The van der Waals surface area contributed by atoms with Crippen LogP contribution in [0.5, 0.6) is 5.75 Å². The molecule has 0 radical (unpaired) electrons. The van der Waals surface area contributed by atoms with E-state index in [2.05, 4.69) is 13.0 Å². The molecule has 0 aromatic heterocycles. The predicted molar refractivity (Wildman–Crippen MR) is 83.0 cm³/mol. The molecule has 0 fully saturated rings. The molecule has 1 amide bonds. The van der Waals surface area contributed by atoms with Gasteiger partial charge < -0.3 is 4.74 Å². The average molecular weight is 271 g/mol. The molecule has 1 heterocycles. The molecule has 0 spiro atoms. The zero-order valence-electron chi connectivity index (χ0n) is 12.7. The average Bonchev–Trinajstić information content (AvgIpc) is 2.37. The molecule has 0 atom stereocenters. The molecular formula is C17H21NO2. The summed E-state index contributed by atoms with van der Waals surface area (Å²) in [5.41, 5.74) is 2.79. The van der Waals surface area contributed by atoms with Gasteiger partial charge in [0.15, 0.2) is 0 Å². The SMILES string of the molecule is CC=CC(=O)N1c2ccc(OC)cc2C(C)=CC1(C)C. The number of hydrogen-bond acceptors (Lipinski definition) is 2. The van der Waals surface area contributed by atoms with Crippen molar-refractivity contribution in [3.05, 3.63) is 42.0 Å². The fraction of sp³-hybridized carbons (Fsp3) is 0.353.